The van der Waals surface area contributed by atoms with Crippen LogP contribution < -0.4 is 10.6 Å². The Morgan fingerprint density at radius 2 is 1.31 bits per heavy atom. The van der Waals surface area contributed by atoms with Gasteiger partial charge in [0.2, 0.25) is 11.8 Å². The van der Waals surface area contributed by atoms with Gasteiger partial charge in [0.05, 0.1) is 49.1 Å². The molecule has 10 nitrogen and oxygen atoms in total. The van der Waals surface area contributed by atoms with Gasteiger partial charge in [-0.1, -0.05) is 19.3 Å². The van der Waals surface area contributed by atoms with E-state index in [1.165, 1.54) is 0 Å². The van der Waals surface area contributed by atoms with Crippen LogP contribution in [-0.4, -0.2) is 56.8 Å². The quantitative estimate of drug-likeness (QED) is 0.516. The number of carbonyl (C=O) groups excluding carboxylic acids is 2. The number of anilines is 2. The SMILES string of the molecule is O=C(CC1(CC(=O)Nc2cnn(CC3CCCO3)c2)CCCCC1)Nc1cnn(CC2CCCO2)c1. The highest BCUT2D eigenvalue weighted by Crippen LogP contribution is 2.42. The molecule has 3 fully saturated rings. The molecule has 2 aliphatic heterocycles. The predicted molar refractivity (Wildman–Crippen MR) is 134 cm³/mol. The van der Waals surface area contributed by atoms with Gasteiger partial charge in [0.25, 0.3) is 0 Å². The molecule has 0 aromatic carbocycles. The first-order chi connectivity index (χ1) is 17.6. The Bertz CT molecular complexity index is 941. The average Bonchev–Trinajstić information content (AvgIpc) is 3.65. The van der Waals surface area contributed by atoms with E-state index in [0.29, 0.717) is 37.3 Å². The zero-order valence-electron chi connectivity index (χ0n) is 21.0. The van der Waals surface area contributed by atoms with E-state index in [-0.39, 0.29) is 29.4 Å². The van der Waals surface area contributed by atoms with E-state index in [2.05, 4.69) is 20.8 Å². The number of hydrogen-bond donors (Lipinski definition) is 2. The maximum absolute atomic E-state index is 13.0. The van der Waals surface area contributed by atoms with Crippen molar-refractivity contribution in [3.8, 4) is 0 Å². The third-order valence-corrected chi connectivity index (χ3v) is 7.65. The number of rotatable bonds is 10. The minimum atomic E-state index is -0.326. The van der Waals surface area contributed by atoms with Crippen LogP contribution in [0.2, 0.25) is 0 Å². The molecule has 0 spiro atoms. The van der Waals surface area contributed by atoms with Gasteiger partial charge < -0.3 is 20.1 Å². The van der Waals surface area contributed by atoms with Crippen molar-refractivity contribution < 1.29 is 19.1 Å². The maximum Gasteiger partial charge on any atom is 0.225 e. The number of nitrogens with zero attached hydrogens (tertiary/aromatic N) is 4. The largest absolute Gasteiger partial charge is 0.376 e. The van der Waals surface area contributed by atoms with Gasteiger partial charge in [-0.3, -0.25) is 19.0 Å². The Kier molecular flexibility index (Phi) is 8.01. The summed E-state index contributed by atoms with van der Waals surface area (Å²) < 4.78 is 15.0. The number of hydrogen-bond acceptors (Lipinski definition) is 6. The Morgan fingerprint density at radius 3 is 1.75 bits per heavy atom. The van der Waals surface area contributed by atoms with E-state index in [4.69, 9.17) is 9.47 Å². The van der Waals surface area contributed by atoms with Crippen molar-refractivity contribution in [3.63, 3.8) is 0 Å². The van der Waals surface area contributed by atoms with Gasteiger partial charge in [0, 0.05) is 38.4 Å². The Morgan fingerprint density at radius 1 is 0.806 bits per heavy atom. The van der Waals surface area contributed by atoms with Crippen LogP contribution in [0.5, 0.6) is 0 Å². The Balaban J connectivity index is 1.14. The van der Waals surface area contributed by atoms with Crippen molar-refractivity contribution in [2.45, 2.75) is 95.9 Å². The minimum Gasteiger partial charge on any atom is -0.376 e. The van der Waals surface area contributed by atoms with Crippen molar-refractivity contribution in [2.24, 2.45) is 5.41 Å². The van der Waals surface area contributed by atoms with Crippen LogP contribution in [0.25, 0.3) is 0 Å². The zero-order chi connectivity index (χ0) is 24.8. The fourth-order valence-corrected chi connectivity index (χ4v) is 5.86. The normalized spacial score (nSPS) is 23.6. The molecule has 2 aromatic heterocycles. The second-order valence-electron chi connectivity index (χ2n) is 10.7. The third kappa shape index (κ3) is 6.73. The highest BCUT2D eigenvalue weighted by Gasteiger charge is 2.36. The lowest BCUT2D eigenvalue weighted by atomic mass is 9.69. The first-order valence-corrected chi connectivity index (χ1v) is 13.4. The summed E-state index contributed by atoms with van der Waals surface area (Å²) in [6.45, 7) is 3.01. The topological polar surface area (TPSA) is 112 Å². The van der Waals surface area contributed by atoms with Crippen LogP contribution in [0.1, 0.15) is 70.6 Å². The Hall–Kier alpha value is -2.72. The lowest BCUT2D eigenvalue weighted by Crippen LogP contribution is -2.34. The molecular weight excluding hydrogens is 460 g/mol. The molecule has 196 valence electrons. The summed E-state index contributed by atoms with van der Waals surface area (Å²) in [6.07, 6.45) is 17.4. The van der Waals surface area contributed by atoms with E-state index in [9.17, 15) is 9.59 Å². The van der Waals surface area contributed by atoms with E-state index < -0.39 is 0 Å². The van der Waals surface area contributed by atoms with Crippen molar-refractivity contribution in [2.75, 3.05) is 23.8 Å². The van der Waals surface area contributed by atoms with Crippen LogP contribution in [0, 0.1) is 5.41 Å². The van der Waals surface area contributed by atoms with Gasteiger partial charge in [0.1, 0.15) is 0 Å². The van der Waals surface area contributed by atoms with Crippen LogP contribution in [0.15, 0.2) is 24.8 Å². The van der Waals surface area contributed by atoms with E-state index in [1.807, 2.05) is 21.8 Å². The molecule has 36 heavy (non-hydrogen) atoms. The number of ether oxygens (including phenoxy) is 2. The second-order valence-corrected chi connectivity index (χ2v) is 10.7. The van der Waals surface area contributed by atoms with E-state index in [0.717, 1.165) is 71.0 Å². The van der Waals surface area contributed by atoms with Gasteiger partial charge in [-0.2, -0.15) is 10.2 Å². The van der Waals surface area contributed by atoms with Crippen molar-refractivity contribution >= 4 is 23.2 Å². The van der Waals surface area contributed by atoms with Gasteiger partial charge in [-0.15, -0.1) is 0 Å². The second kappa shape index (κ2) is 11.6. The summed E-state index contributed by atoms with van der Waals surface area (Å²) in [5.41, 5.74) is 1.05. The number of nitrogens with one attached hydrogen (secondary N) is 2. The summed E-state index contributed by atoms with van der Waals surface area (Å²) in [5.74, 6) is -0.128. The number of carbonyl (C=O) groups is 2. The third-order valence-electron chi connectivity index (χ3n) is 7.65. The zero-order valence-corrected chi connectivity index (χ0v) is 21.0. The summed E-state index contributed by atoms with van der Waals surface area (Å²) in [5, 5.41) is 14.7. The molecule has 1 saturated carbocycles. The summed E-state index contributed by atoms with van der Waals surface area (Å²) in [7, 11) is 0. The molecular formula is C26H38N6O4. The molecule has 2 atom stereocenters. The minimum absolute atomic E-state index is 0.0641. The fraction of sp³-hybridized carbons (Fsp3) is 0.692. The van der Waals surface area contributed by atoms with Crippen molar-refractivity contribution in [3.05, 3.63) is 24.8 Å². The molecule has 4 heterocycles. The van der Waals surface area contributed by atoms with Crippen LogP contribution in [-0.2, 0) is 32.2 Å². The first kappa shape index (κ1) is 25.0. The van der Waals surface area contributed by atoms with Gasteiger partial charge in [0.15, 0.2) is 0 Å². The molecule has 0 radical (unpaired) electrons. The molecule has 2 unspecified atom stereocenters. The smallest absolute Gasteiger partial charge is 0.225 e. The molecule has 1 aliphatic carbocycles. The van der Waals surface area contributed by atoms with Gasteiger partial charge in [-0.05, 0) is 43.9 Å². The van der Waals surface area contributed by atoms with Gasteiger partial charge in [-0.25, -0.2) is 0 Å². The molecule has 5 rings (SSSR count). The van der Waals surface area contributed by atoms with Crippen molar-refractivity contribution in [1.82, 2.24) is 19.6 Å². The Labute approximate surface area is 212 Å². The molecule has 2 aromatic rings. The maximum atomic E-state index is 13.0. The van der Waals surface area contributed by atoms with Crippen LogP contribution in [0.4, 0.5) is 11.4 Å². The van der Waals surface area contributed by atoms with Crippen LogP contribution >= 0.6 is 0 Å². The number of amides is 2. The summed E-state index contributed by atoms with van der Waals surface area (Å²) >= 11 is 0. The standard InChI is InChI=1S/C26H38N6O4/c33-24(29-20-14-27-31(16-20)18-22-6-4-10-35-22)12-26(8-2-1-3-9-26)13-25(34)30-21-15-28-32(17-21)19-23-7-5-11-36-23/h14-17,22-23H,1-13,18-19H2,(H,29,33)(H,30,34). The molecule has 2 N–H and O–H groups in total. The monoisotopic (exact) mass is 498 g/mol. The molecule has 0 bridgehead atoms. The molecule has 2 saturated heterocycles. The highest BCUT2D eigenvalue weighted by atomic mass is 16.5. The summed E-state index contributed by atoms with van der Waals surface area (Å²) in [4.78, 5) is 26.0. The summed E-state index contributed by atoms with van der Waals surface area (Å²) in [6, 6.07) is 0. The van der Waals surface area contributed by atoms with Crippen LogP contribution in [0.3, 0.4) is 0 Å². The molecule has 2 amide bonds. The molecule has 10 heteroatoms. The highest BCUT2D eigenvalue weighted by molar-refractivity contribution is 5.93. The lowest BCUT2D eigenvalue weighted by Gasteiger charge is -2.36. The predicted octanol–water partition coefficient (Wildman–Crippen LogP) is 3.75. The van der Waals surface area contributed by atoms with E-state index in [1.54, 1.807) is 12.4 Å². The fourth-order valence-electron chi connectivity index (χ4n) is 5.86. The number of aromatic nitrogens is 4. The lowest BCUT2D eigenvalue weighted by molar-refractivity contribution is -0.122. The molecule has 3 aliphatic rings. The first-order valence-electron chi connectivity index (χ1n) is 13.4. The van der Waals surface area contributed by atoms with Gasteiger partial charge >= 0.3 is 0 Å². The van der Waals surface area contributed by atoms with Crippen molar-refractivity contribution in [1.29, 1.82) is 0 Å². The van der Waals surface area contributed by atoms with E-state index >= 15 is 0 Å². The average molecular weight is 499 g/mol.